The maximum absolute atomic E-state index is 11.3. The minimum atomic E-state index is -0.647. The van der Waals surface area contributed by atoms with Crippen LogP contribution in [0.15, 0.2) is 0 Å². The smallest absolute Gasteiger partial charge is 0.0244 e. The van der Waals surface area contributed by atoms with Gasteiger partial charge in [-0.1, -0.05) is 33.1 Å². The van der Waals surface area contributed by atoms with Gasteiger partial charge in [0, 0.05) is 48.0 Å². The van der Waals surface area contributed by atoms with Crippen LogP contribution in [0.25, 0.3) is 0 Å². The van der Waals surface area contributed by atoms with Gasteiger partial charge in [0.25, 0.3) is 0 Å². The number of rotatable bonds is 6. The van der Waals surface area contributed by atoms with E-state index in [1.165, 1.54) is 38.6 Å². The highest BCUT2D eigenvalue weighted by Crippen LogP contribution is 2.29. The van der Waals surface area contributed by atoms with E-state index in [1.54, 1.807) is 0 Å². The van der Waals surface area contributed by atoms with E-state index < -0.39 is 10.8 Å². The van der Waals surface area contributed by atoms with Crippen molar-refractivity contribution in [3.63, 3.8) is 0 Å². The predicted octanol–water partition coefficient (Wildman–Crippen LogP) is 2.63. The molecule has 0 aromatic heterocycles. The van der Waals surface area contributed by atoms with Gasteiger partial charge in [-0.05, 0) is 37.6 Å². The molecule has 0 aromatic rings. The lowest BCUT2D eigenvalue weighted by atomic mass is 9.82. The first kappa shape index (κ1) is 17.4. The lowest BCUT2D eigenvalue weighted by Gasteiger charge is -2.45. The van der Waals surface area contributed by atoms with Gasteiger partial charge in [-0.25, -0.2) is 0 Å². The number of nitrogens with zero attached hydrogens (tertiary/aromatic N) is 1. The highest BCUT2D eigenvalue weighted by Gasteiger charge is 2.33. The summed E-state index contributed by atoms with van der Waals surface area (Å²) in [5.41, 5.74) is 0. The topological polar surface area (TPSA) is 32.3 Å². The zero-order chi connectivity index (χ0) is 15.2. The normalized spacial score (nSPS) is 30.7. The number of hydrogen-bond acceptors (Lipinski definition) is 3. The standard InChI is InChI=1S/C17H34N2OS/c1-14(2)17-12-18-16(15-8-5-4-6-9-15)13-19(17)10-7-11-21(3)20/h14-18H,4-13H2,1-3H3. The van der Waals surface area contributed by atoms with Crippen molar-refractivity contribution in [2.24, 2.45) is 11.8 Å². The summed E-state index contributed by atoms with van der Waals surface area (Å²) < 4.78 is 11.3. The fourth-order valence-corrected chi connectivity index (χ4v) is 4.63. The van der Waals surface area contributed by atoms with E-state index in [4.69, 9.17) is 0 Å². The van der Waals surface area contributed by atoms with Crippen LogP contribution in [-0.2, 0) is 10.8 Å². The van der Waals surface area contributed by atoms with Gasteiger partial charge in [0.2, 0.25) is 0 Å². The van der Waals surface area contributed by atoms with Crippen molar-refractivity contribution in [3.8, 4) is 0 Å². The zero-order valence-electron chi connectivity index (χ0n) is 14.1. The molecular formula is C17H34N2OS. The fraction of sp³-hybridized carbons (Fsp3) is 1.00. The summed E-state index contributed by atoms with van der Waals surface area (Å²) >= 11 is 0. The largest absolute Gasteiger partial charge is 0.311 e. The van der Waals surface area contributed by atoms with E-state index in [0.29, 0.717) is 18.0 Å². The molecule has 2 rings (SSSR count). The molecule has 0 aromatic carbocycles. The Morgan fingerprint density at radius 3 is 2.57 bits per heavy atom. The molecule has 0 radical (unpaired) electrons. The van der Waals surface area contributed by atoms with Crippen molar-refractivity contribution in [1.29, 1.82) is 0 Å². The van der Waals surface area contributed by atoms with Gasteiger partial charge < -0.3 is 5.32 Å². The average molecular weight is 315 g/mol. The summed E-state index contributed by atoms with van der Waals surface area (Å²) in [7, 11) is -0.647. The van der Waals surface area contributed by atoms with E-state index in [1.807, 2.05) is 6.26 Å². The Bertz CT molecular complexity index is 329. The molecule has 0 bridgehead atoms. The van der Waals surface area contributed by atoms with Crippen LogP contribution >= 0.6 is 0 Å². The van der Waals surface area contributed by atoms with Crippen LogP contribution in [0.5, 0.6) is 0 Å². The minimum Gasteiger partial charge on any atom is -0.311 e. The second-order valence-electron chi connectivity index (χ2n) is 7.35. The average Bonchev–Trinajstić information content (AvgIpc) is 2.47. The van der Waals surface area contributed by atoms with Crippen molar-refractivity contribution in [1.82, 2.24) is 10.2 Å². The summed E-state index contributed by atoms with van der Waals surface area (Å²) in [5.74, 6) is 2.43. The number of nitrogens with one attached hydrogen (secondary N) is 1. The van der Waals surface area contributed by atoms with E-state index >= 15 is 0 Å². The van der Waals surface area contributed by atoms with Crippen LogP contribution in [-0.4, -0.2) is 52.8 Å². The Morgan fingerprint density at radius 1 is 1.24 bits per heavy atom. The third-order valence-electron chi connectivity index (χ3n) is 5.35. The molecule has 2 aliphatic rings. The number of hydrogen-bond donors (Lipinski definition) is 1. The summed E-state index contributed by atoms with van der Waals surface area (Å²) in [4.78, 5) is 2.69. The van der Waals surface area contributed by atoms with Crippen LogP contribution in [0.3, 0.4) is 0 Å². The monoisotopic (exact) mass is 314 g/mol. The molecule has 4 heteroatoms. The molecule has 0 spiro atoms. The van der Waals surface area contributed by atoms with Crippen molar-refractivity contribution < 1.29 is 4.21 Å². The van der Waals surface area contributed by atoms with Gasteiger partial charge >= 0.3 is 0 Å². The van der Waals surface area contributed by atoms with Crippen LogP contribution in [0, 0.1) is 11.8 Å². The summed E-state index contributed by atoms with van der Waals surface area (Å²) in [6.45, 7) is 8.11. The Morgan fingerprint density at radius 2 is 1.95 bits per heavy atom. The van der Waals surface area contributed by atoms with Gasteiger partial charge in [-0.2, -0.15) is 0 Å². The Labute approximate surface area is 133 Å². The molecule has 1 heterocycles. The lowest BCUT2D eigenvalue weighted by Crippen LogP contribution is -2.60. The van der Waals surface area contributed by atoms with E-state index in [2.05, 4.69) is 24.1 Å². The fourth-order valence-electron chi connectivity index (χ4n) is 4.09. The van der Waals surface area contributed by atoms with Crippen molar-refractivity contribution >= 4 is 10.8 Å². The molecule has 3 nitrogen and oxygen atoms in total. The minimum absolute atomic E-state index is 0.647. The molecule has 2 fully saturated rings. The highest BCUT2D eigenvalue weighted by molar-refractivity contribution is 7.84. The summed E-state index contributed by atoms with van der Waals surface area (Å²) in [6.07, 6.45) is 10.0. The van der Waals surface area contributed by atoms with Gasteiger partial charge in [0.05, 0.1) is 0 Å². The SMILES string of the molecule is CC(C)C1CNC(C2CCCCC2)CN1CCCS(C)=O. The Kier molecular flexibility index (Phi) is 7.17. The summed E-state index contributed by atoms with van der Waals surface area (Å²) in [5, 5.41) is 3.85. The van der Waals surface area contributed by atoms with Crippen molar-refractivity contribution in [2.45, 2.75) is 64.5 Å². The van der Waals surface area contributed by atoms with Gasteiger partial charge in [0.1, 0.15) is 0 Å². The van der Waals surface area contributed by atoms with E-state index in [-0.39, 0.29) is 0 Å². The third kappa shape index (κ3) is 5.33. The predicted molar refractivity (Wildman–Crippen MR) is 92.1 cm³/mol. The van der Waals surface area contributed by atoms with Crippen molar-refractivity contribution in [3.05, 3.63) is 0 Å². The molecule has 1 saturated heterocycles. The van der Waals surface area contributed by atoms with Gasteiger partial charge in [-0.15, -0.1) is 0 Å². The van der Waals surface area contributed by atoms with Gasteiger partial charge in [0.15, 0.2) is 0 Å². The van der Waals surface area contributed by atoms with Crippen LogP contribution in [0.2, 0.25) is 0 Å². The molecule has 1 saturated carbocycles. The first-order valence-electron chi connectivity index (χ1n) is 8.85. The molecule has 1 aliphatic carbocycles. The zero-order valence-corrected chi connectivity index (χ0v) is 15.0. The molecular weight excluding hydrogens is 280 g/mol. The molecule has 3 unspecified atom stereocenters. The van der Waals surface area contributed by atoms with Crippen LogP contribution < -0.4 is 5.32 Å². The molecule has 0 amide bonds. The second kappa shape index (κ2) is 8.64. The second-order valence-corrected chi connectivity index (χ2v) is 8.90. The number of piperazine rings is 1. The van der Waals surface area contributed by atoms with E-state index in [9.17, 15) is 4.21 Å². The third-order valence-corrected chi connectivity index (χ3v) is 6.22. The molecule has 1 N–H and O–H groups in total. The van der Waals surface area contributed by atoms with E-state index in [0.717, 1.165) is 31.2 Å². The highest BCUT2D eigenvalue weighted by atomic mass is 32.2. The maximum Gasteiger partial charge on any atom is 0.0244 e. The first-order chi connectivity index (χ1) is 10.1. The van der Waals surface area contributed by atoms with Crippen LogP contribution in [0.4, 0.5) is 0 Å². The van der Waals surface area contributed by atoms with Crippen molar-refractivity contribution in [2.75, 3.05) is 31.6 Å². The summed E-state index contributed by atoms with van der Waals surface area (Å²) in [6, 6.07) is 1.34. The Hall–Kier alpha value is 0.0700. The maximum atomic E-state index is 11.3. The molecule has 124 valence electrons. The van der Waals surface area contributed by atoms with Gasteiger partial charge in [-0.3, -0.25) is 9.11 Å². The first-order valence-corrected chi connectivity index (χ1v) is 10.6. The molecule has 3 atom stereocenters. The lowest BCUT2D eigenvalue weighted by molar-refractivity contribution is 0.0725. The molecule has 21 heavy (non-hydrogen) atoms. The Balaban J connectivity index is 1.89. The molecule has 1 aliphatic heterocycles. The quantitative estimate of drug-likeness (QED) is 0.818. The van der Waals surface area contributed by atoms with Crippen LogP contribution in [0.1, 0.15) is 52.4 Å².